The van der Waals surface area contributed by atoms with Gasteiger partial charge in [-0.15, -0.1) is 0 Å². The average molecular weight is 276 g/mol. The number of hydrogen-bond acceptors (Lipinski definition) is 8. The first-order valence-electron chi connectivity index (χ1n) is 5.16. The van der Waals surface area contributed by atoms with Crippen LogP contribution in [0.15, 0.2) is 47.5 Å². The van der Waals surface area contributed by atoms with Gasteiger partial charge in [0.05, 0.1) is 12.4 Å². The molecule has 0 saturated heterocycles. The Labute approximate surface area is 113 Å². The zero-order chi connectivity index (χ0) is 14.8. The van der Waals surface area contributed by atoms with Gasteiger partial charge >= 0.3 is 0 Å². The number of aromatic nitrogens is 4. The van der Waals surface area contributed by atoms with E-state index in [0.29, 0.717) is 11.4 Å². The van der Waals surface area contributed by atoms with E-state index < -0.39 is 0 Å². The molecule has 20 heavy (non-hydrogen) atoms. The third-order valence-corrected chi connectivity index (χ3v) is 1.87. The minimum atomic E-state index is -0.0342. The summed E-state index contributed by atoms with van der Waals surface area (Å²) < 4.78 is 0. The Morgan fingerprint density at radius 2 is 1.20 bits per heavy atom. The highest BCUT2D eigenvalue weighted by atomic mass is 16.4. The van der Waals surface area contributed by atoms with Gasteiger partial charge in [0.25, 0.3) is 0 Å². The van der Waals surface area contributed by atoms with Crippen molar-refractivity contribution in [3.05, 3.63) is 48.6 Å². The van der Waals surface area contributed by atoms with Crippen LogP contribution in [0.2, 0.25) is 0 Å². The van der Waals surface area contributed by atoms with Crippen molar-refractivity contribution in [1.82, 2.24) is 19.9 Å². The van der Waals surface area contributed by atoms with Crippen LogP contribution < -0.4 is 11.5 Å². The summed E-state index contributed by atoms with van der Waals surface area (Å²) in [5.41, 5.74) is 11.1. The molecular weight excluding hydrogens is 264 g/mol. The number of amidine groups is 2. The Morgan fingerprint density at radius 3 is 1.45 bits per heavy atom. The fourth-order valence-corrected chi connectivity index (χ4v) is 0.965. The minimum Gasteiger partial charge on any atom is -0.409 e. The molecule has 0 aliphatic heterocycles. The lowest BCUT2D eigenvalue weighted by atomic mass is 10.4. The molecule has 2 aromatic heterocycles. The second kappa shape index (κ2) is 7.92. The van der Waals surface area contributed by atoms with E-state index in [0.717, 1.165) is 0 Å². The first-order valence-corrected chi connectivity index (χ1v) is 5.16. The molecule has 0 aliphatic carbocycles. The van der Waals surface area contributed by atoms with E-state index in [1.807, 2.05) is 0 Å². The number of oxime groups is 2. The van der Waals surface area contributed by atoms with E-state index in [2.05, 4.69) is 30.2 Å². The van der Waals surface area contributed by atoms with E-state index in [-0.39, 0.29) is 11.7 Å². The Morgan fingerprint density at radius 1 is 0.800 bits per heavy atom. The van der Waals surface area contributed by atoms with E-state index in [9.17, 15) is 0 Å². The van der Waals surface area contributed by atoms with Gasteiger partial charge in [-0.25, -0.2) is 9.97 Å². The van der Waals surface area contributed by atoms with Crippen molar-refractivity contribution in [3.63, 3.8) is 0 Å². The number of rotatable bonds is 2. The molecular formula is C10H12N8O2. The van der Waals surface area contributed by atoms with Crippen LogP contribution in [-0.4, -0.2) is 42.0 Å². The van der Waals surface area contributed by atoms with Gasteiger partial charge in [0.15, 0.2) is 11.7 Å². The molecule has 0 unspecified atom stereocenters. The molecule has 2 rings (SSSR count). The summed E-state index contributed by atoms with van der Waals surface area (Å²) in [6.45, 7) is 0. The molecule has 104 valence electrons. The van der Waals surface area contributed by atoms with Crippen LogP contribution in [0.25, 0.3) is 0 Å². The van der Waals surface area contributed by atoms with Gasteiger partial charge in [0, 0.05) is 24.8 Å². The maximum absolute atomic E-state index is 8.18. The van der Waals surface area contributed by atoms with Gasteiger partial charge in [-0.3, -0.25) is 9.97 Å². The maximum Gasteiger partial charge on any atom is 0.190 e. The van der Waals surface area contributed by atoms with Gasteiger partial charge in [0.2, 0.25) is 0 Å². The van der Waals surface area contributed by atoms with Crippen LogP contribution in [0.1, 0.15) is 11.4 Å². The first-order chi connectivity index (χ1) is 9.69. The molecule has 6 N–H and O–H groups in total. The number of nitrogens with zero attached hydrogens (tertiary/aromatic N) is 6. The Balaban J connectivity index is 0.000000200. The fourth-order valence-electron chi connectivity index (χ4n) is 0.965. The van der Waals surface area contributed by atoms with Gasteiger partial charge < -0.3 is 21.9 Å². The highest BCUT2D eigenvalue weighted by molar-refractivity contribution is 5.95. The van der Waals surface area contributed by atoms with E-state index >= 15 is 0 Å². The summed E-state index contributed by atoms with van der Waals surface area (Å²) in [4.78, 5) is 15.0. The van der Waals surface area contributed by atoms with Crippen LogP contribution in [0.3, 0.4) is 0 Å². The second-order valence-electron chi connectivity index (χ2n) is 3.15. The number of hydrogen-bond donors (Lipinski definition) is 4. The van der Waals surface area contributed by atoms with Crippen molar-refractivity contribution in [3.8, 4) is 0 Å². The van der Waals surface area contributed by atoms with Crippen molar-refractivity contribution < 1.29 is 10.4 Å². The van der Waals surface area contributed by atoms with Crippen LogP contribution in [0, 0.1) is 0 Å². The summed E-state index contributed by atoms with van der Waals surface area (Å²) in [6.07, 6.45) is 8.77. The van der Waals surface area contributed by atoms with E-state index in [1.54, 1.807) is 0 Å². The predicted molar refractivity (Wildman–Crippen MR) is 69.1 cm³/mol. The number of nitrogens with two attached hydrogens (primary N) is 2. The molecule has 0 aromatic carbocycles. The normalized spacial score (nSPS) is 11.4. The van der Waals surface area contributed by atoms with Gasteiger partial charge in [-0.05, 0) is 0 Å². The topological polar surface area (TPSA) is 169 Å². The van der Waals surface area contributed by atoms with Crippen molar-refractivity contribution in [2.45, 2.75) is 0 Å². The molecule has 0 fully saturated rings. The molecule has 0 aliphatic rings. The van der Waals surface area contributed by atoms with Crippen LogP contribution in [0.4, 0.5) is 0 Å². The van der Waals surface area contributed by atoms with Crippen molar-refractivity contribution in [1.29, 1.82) is 0 Å². The monoisotopic (exact) mass is 276 g/mol. The van der Waals surface area contributed by atoms with Gasteiger partial charge in [-0.1, -0.05) is 10.3 Å². The molecule has 2 aromatic rings. The van der Waals surface area contributed by atoms with Crippen LogP contribution >= 0.6 is 0 Å². The Kier molecular flexibility index (Phi) is 5.84. The zero-order valence-electron chi connectivity index (χ0n) is 10.2. The van der Waals surface area contributed by atoms with Gasteiger partial charge in [0.1, 0.15) is 11.4 Å². The quantitative estimate of drug-likeness (QED) is 0.237. The predicted octanol–water partition coefficient (Wildman–Crippen LogP) is -0.858. The molecule has 0 bridgehead atoms. The summed E-state index contributed by atoms with van der Waals surface area (Å²) in [5.74, 6) is -0.0683. The first kappa shape index (κ1) is 14.8. The fraction of sp³-hybridized carbons (Fsp3) is 0. The average Bonchev–Trinajstić information content (AvgIpc) is 2.55. The Bertz CT molecular complexity index is 519. The van der Waals surface area contributed by atoms with E-state index in [1.165, 1.54) is 37.2 Å². The smallest absolute Gasteiger partial charge is 0.190 e. The molecule has 0 spiro atoms. The summed E-state index contributed by atoms with van der Waals surface area (Å²) >= 11 is 0. The standard InChI is InChI=1S/2C5H6N4O/c2*6-5(9-10)4-3-7-1-2-8-4/h2*1-3,10H,(H2,6,9). The molecule has 0 amide bonds. The van der Waals surface area contributed by atoms with Crippen molar-refractivity contribution >= 4 is 11.7 Å². The molecule has 10 nitrogen and oxygen atoms in total. The van der Waals surface area contributed by atoms with E-state index in [4.69, 9.17) is 21.9 Å². The lowest BCUT2D eigenvalue weighted by molar-refractivity contribution is 0.318. The molecule has 0 radical (unpaired) electrons. The van der Waals surface area contributed by atoms with Crippen LogP contribution in [0.5, 0.6) is 0 Å². The molecule has 0 atom stereocenters. The largest absolute Gasteiger partial charge is 0.409 e. The second-order valence-corrected chi connectivity index (χ2v) is 3.15. The molecule has 0 saturated carbocycles. The van der Waals surface area contributed by atoms with Crippen molar-refractivity contribution in [2.24, 2.45) is 21.8 Å². The van der Waals surface area contributed by atoms with Gasteiger partial charge in [-0.2, -0.15) is 0 Å². The zero-order valence-corrected chi connectivity index (χ0v) is 10.2. The third-order valence-electron chi connectivity index (χ3n) is 1.87. The SMILES string of the molecule is N/C(=N\O)c1cnccn1.N/C(=N\O)c1cnccn1. The maximum atomic E-state index is 8.18. The summed E-state index contributed by atoms with van der Waals surface area (Å²) in [5, 5.41) is 21.9. The third kappa shape index (κ3) is 4.52. The highest BCUT2D eigenvalue weighted by Crippen LogP contribution is 1.87. The van der Waals surface area contributed by atoms with Crippen molar-refractivity contribution in [2.75, 3.05) is 0 Å². The lowest BCUT2D eigenvalue weighted by Gasteiger charge is -1.92. The molecule has 2 heterocycles. The summed E-state index contributed by atoms with van der Waals surface area (Å²) in [6, 6.07) is 0. The Hall–Kier alpha value is -3.30. The summed E-state index contributed by atoms with van der Waals surface area (Å²) in [7, 11) is 0. The molecule has 10 heteroatoms. The highest BCUT2D eigenvalue weighted by Gasteiger charge is 1.97. The lowest BCUT2D eigenvalue weighted by Crippen LogP contribution is -2.14. The van der Waals surface area contributed by atoms with Crippen LogP contribution in [-0.2, 0) is 0 Å². The minimum absolute atomic E-state index is 0.0342.